The highest BCUT2D eigenvalue weighted by atomic mass is 127. The van der Waals surface area contributed by atoms with E-state index in [1.54, 1.807) is 13.1 Å². The van der Waals surface area contributed by atoms with Crippen molar-refractivity contribution in [3.8, 4) is 6.07 Å². The van der Waals surface area contributed by atoms with Crippen molar-refractivity contribution in [1.82, 2.24) is 8.87 Å². The van der Waals surface area contributed by atoms with E-state index in [4.69, 9.17) is 5.26 Å². The Kier molecular flexibility index (Phi) is 13.6. The molecule has 1 aromatic heterocycles. The van der Waals surface area contributed by atoms with E-state index in [-0.39, 0.29) is 0 Å². The molecule has 0 saturated heterocycles. The van der Waals surface area contributed by atoms with E-state index in [0.717, 1.165) is 27.6 Å². The van der Waals surface area contributed by atoms with Crippen LogP contribution >= 0.6 is 46.3 Å². The summed E-state index contributed by atoms with van der Waals surface area (Å²) in [5.74, 6) is 0.937. The van der Waals surface area contributed by atoms with Gasteiger partial charge in [-0.1, -0.05) is 55.8 Å². The van der Waals surface area contributed by atoms with Crippen molar-refractivity contribution in [2.75, 3.05) is 14.1 Å². The number of nitrogens with zero attached hydrogens (tertiary/aromatic N) is 3. The molecule has 1 atom stereocenters. The summed E-state index contributed by atoms with van der Waals surface area (Å²) in [7, 11) is 5.30. The number of hydrogen-bond acceptors (Lipinski definition) is 4. The topological polar surface area (TPSA) is 49.0 Å². The number of halogens is 2. The molecule has 0 radical (unpaired) electrons. The number of hydrogen-bond donors (Lipinski definition) is 0. The Bertz CT molecular complexity index is 773. The van der Waals surface area contributed by atoms with Crippen molar-refractivity contribution in [1.29, 1.82) is 5.26 Å². The van der Waals surface area contributed by atoms with Gasteiger partial charge in [-0.3, -0.25) is 8.77 Å². The number of aromatic nitrogens is 1. The van der Waals surface area contributed by atoms with E-state index < -0.39 is 0 Å². The highest BCUT2D eigenvalue weighted by molar-refractivity contribution is 14.2. The summed E-state index contributed by atoms with van der Waals surface area (Å²) in [6.07, 6.45) is 9.11. The number of nitriles is 1. The molecule has 28 heavy (non-hydrogen) atoms. The summed E-state index contributed by atoms with van der Waals surface area (Å²) in [5, 5.41) is 8.24. The minimum atomic E-state index is 0.393. The van der Waals surface area contributed by atoms with E-state index in [1.165, 1.54) is 9.12 Å². The zero-order valence-electron chi connectivity index (χ0n) is 17.5. The summed E-state index contributed by atoms with van der Waals surface area (Å²) < 4.78 is 3.12. The molecule has 154 valence electrons. The average molecular weight is 578 g/mol. The van der Waals surface area contributed by atoms with Crippen molar-refractivity contribution in [2.24, 2.45) is 11.8 Å². The maximum Gasteiger partial charge on any atom is 0.167 e. The van der Waals surface area contributed by atoms with Gasteiger partial charge in [-0.15, -0.1) is 0 Å². The fourth-order valence-electron chi connectivity index (χ4n) is 2.47. The third-order valence-electron chi connectivity index (χ3n) is 3.66. The first-order valence-corrected chi connectivity index (χ1v) is 13.2. The third-order valence-corrected chi connectivity index (χ3v) is 6.15. The van der Waals surface area contributed by atoms with Gasteiger partial charge in [0.15, 0.2) is 6.29 Å². The molecule has 4 nitrogen and oxygen atoms in total. The molecule has 0 N–H and O–H groups in total. The predicted molar refractivity (Wildman–Crippen MR) is 135 cm³/mol. The second-order valence-corrected chi connectivity index (χ2v) is 9.04. The SMILES string of the molecule is C/C(C#N)=C/N(C)C.CC.CC(C)C1C=Cc2cc(C=O)n(SI)c2C=C1Br. The van der Waals surface area contributed by atoms with Crippen molar-refractivity contribution >= 4 is 64.7 Å². The van der Waals surface area contributed by atoms with Gasteiger partial charge < -0.3 is 4.90 Å². The molecule has 0 aromatic carbocycles. The Hall–Kier alpha value is -0.980. The molecule has 1 aliphatic rings. The molecule has 1 unspecified atom stereocenters. The fraction of sp³-hybridized carbons (Fsp3) is 0.429. The number of aldehydes is 1. The predicted octanol–water partition coefficient (Wildman–Crippen LogP) is 7.18. The van der Waals surface area contributed by atoms with Crippen LogP contribution in [0.25, 0.3) is 12.2 Å². The first-order chi connectivity index (χ1) is 13.2. The Labute approximate surface area is 194 Å². The summed E-state index contributed by atoms with van der Waals surface area (Å²) in [4.78, 5) is 12.9. The van der Waals surface area contributed by atoms with Gasteiger partial charge in [-0.05, 0) is 25.0 Å². The first kappa shape index (κ1) is 27.0. The number of allylic oxidation sites excluding steroid dienone is 3. The Morgan fingerprint density at radius 1 is 1.43 bits per heavy atom. The van der Waals surface area contributed by atoms with Crippen LogP contribution in [0.5, 0.6) is 0 Å². The third kappa shape index (κ3) is 8.18. The maximum absolute atomic E-state index is 11.1. The zero-order chi connectivity index (χ0) is 21.9. The van der Waals surface area contributed by atoms with Gasteiger partial charge >= 0.3 is 0 Å². The molecule has 1 aliphatic carbocycles. The maximum atomic E-state index is 11.1. The van der Waals surface area contributed by atoms with E-state index in [9.17, 15) is 4.79 Å². The first-order valence-electron chi connectivity index (χ1n) is 9.05. The number of fused-ring (bicyclic) bond motifs is 1. The normalized spacial score (nSPS) is 15.1. The summed E-state index contributed by atoms with van der Waals surface area (Å²) in [5.41, 5.74) is 3.60. The van der Waals surface area contributed by atoms with Crippen LogP contribution < -0.4 is 0 Å². The Morgan fingerprint density at radius 2 is 2.04 bits per heavy atom. The molecule has 0 amide bonds. The van der Waals surface area contributed by atoms with Crippen LogP contribution in [0.1, 0.15) is 56.4 Å². The smallest absolute Gasteiger partial charge is 0.167 e. The molecule has 7 heteroatoms. The van der Waals surface area contributed by atoms with E-state index in [2.05, 4.69) is 69.2 Å². The zero-order valence-corrected chi connectivity index (χ0v) is 22.1. The number of carbonyl (C=O) groups excluding carboxylic acids is 1. The van der Waals surface area contributed by atoms with Crippen LogP contribution in [0, 0.1) is 23.2 Å². The highest BCUT2D eigenvalue weighted by Crippen LogP contribution is 2.36. The van der Waals surface area contributed by atoms with Crippen LogP contribution in [0.4, 0.5) is 0 Å². The van der Waals surface area contributed by atoms with Crippen molar-refractivity contribution in [3.63, 3.8) is 0 Å². The van der Waals surface area contributed by atoms with Crippen molar-refractivity contribution < 1.29 is 4.79 Å². The quantitative estimate of drug-likeness (QED) is 0.216. The Morgan fingerprint density at radius 3 is 2.43 bits per heavy atom. The lowest BCUT2D eigenvalue weighted by molar-refractivity contribution is 0.111. The molecule has 0 bridgehead atoms. The van der Waals surface area contributed by atoms with E-state index in [0.29, 0.717) is 17.5 Å². The number of carbonyl (C=O) groups is 1. The summed E-state index contributed by atoms with van der Waals surface area (Å²) in [6.45, 7) is 10.2. The highest BCUT2D eigenvalue weighted by Gasteiger charge is 2.20. The second-order valence-electron chi connectivity index (χ2n) is 6.44. The molecule has 1 aromatic rings. The van der Waals surface area contributed by atoms with Crippen LogP contribution in [0.2, 0.25) is 0 Å². The summed E-state index contributed by atoms with van der Waals surface area (Å²) >= 11 is 5.86. The Balaban J connectivity index is 0.000000618. The number of rotatable bonds is 4. The average Bonchev–Trinajstić information content (AvgIpc) is 2.90. The molecular formula is C21H29BrIN3OS. The minimum absolute atomic E-state index is 0.393. The summed E-state index contributed by atoms with van der Waals surface area (Å²) in [6, 6.07) is 3.95. The minimum Gasteiger partial charge on any atom is -0.383 e. The van der Waals surface area contributed by atoms with Crippen LogP contribution in [-0.4, -0.2) is 29.3 Å². The van der Waals surface area contributed by atoms with Gasteiger partial charge in [-0.2, -0.15) is 5.26 Å². The molecule has 2 rings (SSSR count). The lowest BCUT2D eigenvalue weighted by Gasteiger charge is -2.15. The van der Waals surface area contributed by atoms with Gasteiger partial charge in [0.2, 0.25) is 0 Å². The van der Waals surface area contributed by atoms with Crippen LogP contribution in [0.3, 0.4) is 0 Å². The molecule has 0 fully saturated rings. The van der Waals surface area contributed by atoms with Gasteiger partial charge in [0.05, 0.1) is 17.5 Å². The molecule has 0 aliphatic heterocycles. The van der Waals surface area contributed by atoms with E-state index >= 15 is 0 Å². The standard InChI is InChI=1S/C13H13BrINOS.C6H10N2.C2H6/c1-8(2)11-4-3-9-5-10(7-17)16(18-15)13(9)6-12(11)14;1-6(4-7)5-8(2)3;1-2/h3-8,11H,1-2H3;5H,1-3H3;1-2H3/b;6-5-;. The van der Waals surface area contributed by atoms with Gasteiger partial charge in [-0.25, -0.2) is 0 Å². The second kappa shape index (κ2) is 14.1. The molecule has 0 saturated carbocycles. The molecular weight excluding hydrogens is 549 g/mol. The van der Waals surface area contributed by atoms with Gasteiger partial charge in [0.1, 0.15) is 0 Å². The van der Waals surface area contributed by atoms with Gasteiger partial charge in [0, 0.05) is 72.2 Å². The largest absolute Gasteiger partial charge is 0.383 e. The fourth-order valence-corrected chi connectivity index (χ4v) is 5.09. The van der Waals surface area contributed by atoms with Crippen molar-refractivity contribution in [2.45, 2.75) is 34.6 Å². The lowest BCUT2D eigenvalue weighted by atomic mass is 9.95. The van der Waals surface area contributed by atoms with Crippen molar-refractivity contribution in [3.05, 3.63) is 45.3 Å². The van der Waals surface area contributed by atoms with Crippen LogP contribution in [0.15, 0.2) is 28.4 Å². The molecule has 1 heterocycles. The molecule has 0 spiro atoms. The lowest BCUT2D eigenvalue weighted by Crippen LogP contribution is -2.04. The van der Waals surface area contributed by atoms with Gasteiger partial charge in [0.25, 0.3) is 0 Å². The van der Waals surface area contributed by atoms with Crippen LogP contribution in [-0.2, 0) is 0 Å². The monoisotopic (exact) mass is 577 g/mol. The van der Waals surface area contributed by atoms with E-state index in [1.807, 2.05) is 49.0 Å².